The molecule has 172 valence electrons. The molecule has 0 spiro atoms. The quantitative estimate of drug-likeness (QED) is 0.580. The minimum Gasteiger partial charge on any atom is -0.335 e. The highest BCUT2D eigenvalue weighted by Crippen LogP contribution is 2.35. The van der Waals surface area contributed by atoms with Crippen molar-refractivity contribution in [2.45, 2.75) is 19.5 Å². The van der Waals surface area contributed by atoms with E-state index in [9.17, 15) is 27.6 Å². The van der Waals surface area contributed by atoms with Crippen LogP contribution >= 0.6 is 11.6 Å². The Bertz CT molecular complexity index is 1360. The largest absolute Gasteiger partial charge is 0.335 e. The highest BCUT2D eigenvalue weighted by atomic mass is 35.5. The van der Waals surface area contributed by atoms with Gasteiger partial charge in [0.05, 0.1) is 23.0 Å². The molecule has 2 aromatic carbocycles. The van der Waals surface area contributed by atoms with Crippen molar-refractivity contribution < 1.29 is 22.8 Å². The number of aromatic nitrogens is 1. The number of hydrogen-bond acceptors (Lipinski definition) is 3. The Morgan fingerprint density at radius 1 is 1.12 bits per heavy atom. The predicted octanol–water partition coefficient (Wildman–Crippen LogP) is 4.17. The van der Waals surface area contributed by atoms with Gasteiger partial charge in [-0.15, -0.1) is 0 Å². The lowest BCUT2D eigenvalue weighted by Gasteiger charge is -2.39. The van der Waals surface area contributed by atoms with Crippen LogP contribution in [-0.2, 0) is 11.3 Å². The number of rotatable bonds is 2. The minimum atomic E-state index is -1.18. The number of urea groups is 1. The molecule has 3 aromatic rings. The van der Waals surface area contributed by atoms with E-state index >= 15 is 0 Å². The van der Waals surface area contributed by atoms with E-state index < -0.39 is 35.1 Å². The van der Waals surface area contributed by atoms with Crippen molar-refractivity contribution in [1.82, 2.24) is 14.8 Å². The summed E-state index contributed by atoms with van der Waals surface area (Å²) in [6, 6.07) is 3.96. The van der Waals surface area contributed by atoms with Crippen molar-refractivity contribution >= 4 is 40.0 Å². The normalized spacial score (nSPS) is 15.3. The molecule has 0 fully saturated rings. The van der Waals surface area contributed by atoms with Crippen molar-refractivity contribution in [3.63, 3.8) is 0 Å². The summed E-state index contributed by atoms with van der Waals surface area (Å²) >= 11 is 5.77. The van der Waals surface area contributed by atoms with Gasteiger partial charge in [0, 0.05) is 37.5 Å². The zero-order valence-corrected chi connectivity index (χ0v) is 18.3. The van der Waals surface area contributed by atoms with Gasteiger partial charge in [-0.2, -0.15) is 0 Å². The van der Waals surface area contributed by atoms with Crippen molar-refractivity contribution in [2.75, 3.05) is 18.9 Å². The number of carbonyl (C=O) groups excluding carboxylic acids is 2. The number of pyridine rings is 1. The first-order chi connectivity index (χ1) is 15.6. The number of aromatic amines is 1. The van der Waals surface area contributed by atoms with Crippen LogP contribution in [0.2, 0.25) is 5.02 Å². The topological polar surface area (TPSA) is 85.5 Å². The molecule has 0 saturated heterocycles. The zero-order chi connectivity index (χ0) is 24.0. The summed E-state index contributed by atoms with van der Waals surface area (Å²) in [5.41, 5.74) is 0.308. The van der Waals surface area contributed by atoms with E-state index in [1.807, 2.05) is 0 Å². The Balaban J connectivity index is 1.80. The summed E-state index contributed by atoms with van der Waals surface area (Å²) in [7, 11) is 1.45. The average Bonchev–Trinajstić information content (AvgIpc) is 2.76. The van der Waals surface area contributed by atoms with E-state index in [1.54, 1.807) is 0 Å². The lowest BCUT2D eigenvalue weighted by Crippen LogP contribution is -2.46. The molecule has 0 saturated carbocycles. The Kier molecular flexibility index (Phi) is 5.79. The maximum Gasteiger partial charge on any atom is 0.322 e. The summed E-state index contributed by atoms with van der Waals surface area (Å²) in [5.74, 6) is -3.26. The van der Waals surface area contributed by atoms with Crippen molar-refractivity contribution in [3.05, 3.63) is 74.4 Å². The van der Waals surface area contributed by atoms with Gasteiger partial charge in [-0.3, -0.25) is 9.59 Å². The molecule has 33 heavy (non-hydrogen) atoms. The van der Waals surface area contributed by atoms with Crippen molar-refractivity contribution in [1.29, 1.82) is 0 Å². The van der Waals surface area contributed by atoms with E-state index in [0.717, 1.165) is 18.2 Å². The van der Waals surface area contributed by atoms with Gasteiger partial charge in [-0.1, -0.05) is 11.6 Å². The Morgan fingerprint density at radius 2 is 1.79 bits per heavy atom. The highest BCUT2D eigenvalue weighted by Gasteiger charge is 2.34. The van der Waals surface area contributed by atoms with Crippen LogP contribution in [0.3, 0.4) is 0 Å². The van der Waals surface area contributed by atoms with Crippen LogP contribution in [0.4, 0.5) is 23.7 Å². The van der Waals surface area contributed by atoms with Gasteiger partial charge in [0.2, 0.25) is 5.91 Å². The standard InChI is InChI=1S/C22H18ClF3N4O3/c1-10(31)30-8-18-20(12-6-16(25)17(26)7-13(12)21(32)28-18)19(9-30)29(2)22(33)27-11-3-4-15(24)14(23)5-11/h3-7,19H,8-9H2,1-2H3,(H,27,33)(H,28,32)/t19-/m0/s1. The number of nitrogens with one attached hydrogen (secondary N) is 2. The molecule has 7 nitrogen and oxygen atoms in total. The smallest absolute Gasteiger partial charge is 0.322 e. The first-order valence-electron chi connectivity index (χ1n) is 9.85. The second kappa shape index (κ2) is 8.43. The third-order valence-corrected chi connectivity index (χ3v) is 5.95. The summed E-state index contributed by atoms with van der Waals surface area (Å²) in [6.45, 7) is 1.43. The number of nitrogens with zero attached hydrogens (tertiary/aromatic N) is 2. The number of H-pyrrole nitrogens is 1. The number of hydrogen-bond donors (Lipinski definition) is 2. The molecule has 1 aliphatic rings. The summed E-state index contributed by atoms with van der Waals surface area (Å²) in [4.78, 5) is 42.9. The summed E-state index contributed by atoms with van der Waals surface area (Å²) < 4.78 is 41.4. The van der Waals surface area contributed by atoms with Crippen LogP contribution < -0.4 is 10.9 Å². The zero-order valence-electron chi connectivity index (χ0n) is 17.5. The third-order valence-electron chi connectivity index (χ3n) is 5.66. The van der Waals surface area contributed by atoms with Gasteiger partial charge >= 0.3 is 6.03 Å². The summed E-state index contributed by atoms with van der Waals surface area (Å²) in [5, 5.41) is 2.48. The second-order valence-electron chi connectivity index (χ2n) is 7.74. The molecule has 1 aromatic heterocycles. The van der Waals surface area contributed by atoms with Gasteiger partial charge in [0.1, 0.15) is 5.82 Å². The SMILES string of the molecule is CC(=O)N1Cc2[nH]c(=O)c3cc(F)c(F)cc3c2[C@@H](N(C)C(=O)Nc2ccc(F)c(Cl)c2)C1. The molecule has 4 rings (SSSR count). The number of anilines is 1. The molecular formula is C22H18ClF3N4O3. The first-order valence-corrected chi connectivity index (χ1v) is 10.2. The van der Waals surface area contributed by atoms with Crippen LogP contribution in [0, 0.1) is 17.5 Å². The molecule has 11 heteroatoms. The molecule has 0 radical (unpaired) electrons. The maximum atomic E-state index is 14.1. The van der Waals surface area contributed by atoms with Gasteiger partial charge in [0.15, 0.2) is 11.6 Å². The van der Waals surface area contributed by atoms with Gasteiger partial charge in [0.25, 0.3) is 5.56 Å². The fourth-order valence-corrected chi connectivity index (χ4v) is 4.12. The minimum absolute atomic E-state index is 0.0361. The summed E-state index contributed by atoms with van der Waals surface area (Å²) in [6.07, 6.45) is 0. The number of benzene rings is 2. The van der Waals surface area contributed by atoms with Crippen LogP contribution in [-0.4, -0.2) is 40.3 Å². The molecular weight excluding hydrogens is 461 g/mol. The molecule has 2 N–H and O–H groups in total. The van der Waals surface area contributed by atoms with E-state index in [1.165, 1.54) is 35.9 Å². The molecule has 2 heterocycles. The Hall–Kier alpha value is -3.53. The number of likely N-dealkylation sites (N-methyl/N-ethyl adjacent to an activating group) is 1. The maximum absolute atomic E-state index is 14.1. The van der Waals surface area contributed by atoms with Crippen LogP contribution in [0.5, 0.6) is 0 Å². The van der Waals surface area contributed by atoms with Crippen LogP contribution in [0.25, 0.3) is 10.8 Å². The lowest BCUT2D eigenvalue weighted by molar-refractivity contribution is -0.130. The lowest BCUT2D eigenvalue weighted by atomic mass is 9.93. The fraction of sp³-hybridized carbons (Fsp3) is 0.227. The number of halogens is 4. The average molecular weight is 479 g/mol. The van der Waals surface area contributed by atoms with Crippen LogP contribution in [0.1, 0.15) is 24.2 Å². The molecule has 0 bridgehead atoms. The Labute approximate surface area is 190 Å². The molecule has 1 aliphatic heterocycles. The molecule has 3 amide bonds. The number of amides is 3. The first kappa shape index (κ1) is 22.7. The van der Waals surface area contributed by atoms with E-state index in [4.69, 9.17) is 11.6 Å². The predicted molar refractivity (Wildman–Crippen MR) is 117 cm³/mol. The van der Waals surface area contributed by atoms with Gasteiger partial charge < -0.3 is 20.1 Å². The highest BCUT2D eigenvalue weighted by molar-refractivity contribution is 6.31. The van der Waals surface area contributed by atoms with E-state index in [0.29, 0.717) is 11.3 Å². The monoisotopic (exact) mass is 478 g/mol. The molecule has 0 unspecified atom stereocenters. The van der Waals surface area contributed by atoms with Crippen molar-refractivity contribution in [2.24, 2.45) is 0 Å². The molecule has 0 aliphatic carbocycles. The Morgan fingerprint density at radius 3 is 2.42 bits per heavy atom. The van der Waals surface area contributed by atoms with Gasteiger partial charge in [-0.25, -0.2) is 18.0 Å². The third kappa shape index (κ3) is 4.13. The van der Waals surface area contributed by atoms with E-state index in [-0.39, 0.29) is 40.5 Å². The van der Waals surface area contributed by atoms with Crippen LogP contribution in [0.15, 0.2) is 35.1 Å². The fourth-order valence-electron chi connectivity index (χ4n) is 3.94. The van der Waals surface area contributed by atoms with Crippen molar-refractivity contribution in [3.8, 4) is 0 Å². The molecule has 1 atom stereocenters. The van der Waals surface area contributed by atoms with Gasteiger partial charge in [-0.05, 0) is 35.7 Å². The second-order valence-corrected chi connectivity index (χ2v) is 8.15. The number of carbonyl (C=O) groups is 2. The number of fused-ring (bicyclic) bond motifs is 3. The van der Waals surface area contributed by atoms with E-state index in [2.05, 4.69) is 10.3 Å².